The molecular formula is C15H16N2OS. The zero-order chi connectivity index (χ0) is 13.5. The minimum atomic E-state index is 0.358. The van der Waals surface area contributed by atoms with E-state index in [1.165, 1.54) is 5.56 Å². The van der Waals surface area contributed by atoms with Crippen molar-refractivity contribution < 1.29 is 4.74 Å². The molecule has 4 heteroatoms. The van der Waals surface area contributed by atoms with E-state index in [9.17, 15) is 0 Å². The molecule has 0 atom stereocenters. The lowest BCUT2D eigenvalue weighted by atomic mass is 10.1. The van der Waals surface area contributed by atoms with E-state index in [2.05, 4.69) is 17.1 Å². The average molecular weight is 272 g/mol. The number of nitrogens with zero attached hydrogens (tertiary/aromatic N) is 1. The Balaban J connectivity index is 1.80. The Morgan fingerprint density at radius 3 is 2.74 bits per heavy atom. The Morgan fingerprint density at radius 2 is 2.00 bits per heavy atom. The quantitative estimate of drug-likeness (QED) is 0.649. The molecule has 0 bridgehead atoms. The van der Waals surface area contributed by atoms with Gasteiger partial charge >= 0.3 is 0 Å². The van der Waals surface area contributed by atoms with Crippen molar-refractivity contribution in [3.63, 3.8) is 0 Å². The summed E-state index contributed by atoms with van der Waals surface area (Å²) in [6.45, 7) is 0.628. The van der Waals surface area contributed by atoms with Gasteiger partial charge in [0.15, 0.2) is 0 Å². The second-order valence-corrected chi connectivity index (χ2v) is 4.62. The van der Waals surface area contributed by atoms with Gasteiger partial charge in [-0.25, -0.2) is 4.98 Å². The number of benzene rings is 1. The molecule has 98 valence electrons. The fraction of sp³-hybridized carbons (Fsp3) is 0.200. The molecule has 0 unspecified atom stereocenters. The highest BCUT2D eigenvalue weighted by Gasteiger charge is 2.00. The summed E-state index contributed by atoms with van der Waals surface area (Å²) in [4.78, 5) is 4.49. The molecule has 0 aliphatic rings. The van der Waals surface area contributed by atoms with Crippen molar-refractivity contribution in [2.24, 2.45) is 5.73 Å². The van der Waals surface area contributed by atoms with Crippen molar-refractivity contribution in [2.75, 3.05) is 6.61 Å². The Labute approximate surface area is 118 Å². The van der Waals surface area contributed by atoms with Crippen LogP contribution < -0.4 is 10.5 Å². The third-order valence-corrected chi connectivity index (χ3v) is 2.96. The molecule has 0 spiro atoms. The van der Waals surface area contributed by atoms with Crippen LogP contribution >= 0.6 is 12.2 Å². The van der Waals surface area contributed by atoms with Crippen molar-refractivity contribution in [2.45, 2.75) is 12.8 Å². The summed E-state index contributed by atoms with van der Waals surface area (Å²) in [6, 6.07) is 13.9. The summed E-state index contributed by atoms with van der Waals surface area (Å²) in [5.41, 5.74) is 7.66. The molecule has 2 N–H and O–H groups in total. The Bertz CT molecular complexity index is 543. The lowest BCUT2D eigenvalue weighted by molar-refractivity contribution is 0.299. The monoisotopic (exact) mass is 272 g/mol. The summed E-state index contributed by atoms with van der Waals surface area (Å²) < 4.78 is 5.59. The molecule has 0 radical (unpaired) electrons. The molecule has 1 heterocycles. The van der Waals surface area contributed by atoms with E-state index in [1.54, 1.807) is 18.3 Å². The maximum absolute atomic E-state index is 5.59. The van der Waals surface area contributed by atoms with Gasteiger partial charge in [0.25, 0.3) is 0 Å². The van der Waals surface area contributed by atoms with Gasteiger partial charge < -0.3 is 10.5 Å². The van der Waals surface area contributed by atoms with Crippen LogP contribution in [0, 0.1) is 0 Å². The van der Waals surface area contributed by atoms with Crippen molar-refractivity contribution >= 4 is 17.2 Å². The predicted molar refractivity (Wildman–Crippen MR) is 80.4 cm³/mol. The molecule has 2 aromatic rings. The fourth-order valence-corrected chi connectivity index (χ4v) is 1.87. The molecular weight excluding hydrogens is 256 g/mol. The van der Waals surface area contributed by atoms with Crippen LogP contribution in [0.5, 0.6) is 5.88 Å². The number of aromatic nitrogens is 1. The minimum absolute atomic E-state index is 0.358. The summed E-state index contributed by atoms with van der Waals surface area (Å²) in [5, 5.41) is 0. The second kappa shape index (κ2) is 6.85. The van der Waals surface area contributed by atoms with Gasteiger partial charge in [0, 0.05) is 17.8 Å². The molecule has 0 fully saturated rings. The van der Waals surface area contributed by atoms with Crippen molar-refractivity contribution in [1.82, 2.24) is 4.98 Å². The van der Waals surface area contributed by atoms with Gasteiger partial charge in [0.05, 0.1) is 6.61 Å². The third kappa shape index (κ3) is 4.34. The number of thiocarbonyl (C=S) groups is 1. The average Bonchev–Trinajstić information content (AvgIpc) is 2.45. The number of pyridine rings is 1. The predicted octanol–water partition coefficient (Wildman–Crippen LogP) is 2.73. The SMILES string of the molecule is NC(=S)c1ccnc(OCCCc2ccccc2)c1. The van der Waals surface area contributed by atoms with E-state index in [0.29, 0.717) is 17.5 Å². The number of nitrogens with two attached hydrogens (primary N) is 1. The second-order valence-electron chi connectivity index (χ2n) is 4.18. The van der Waals surface area contributed by atoms with Crippen LogP contribution in [0.4, 0.5) is 0 Å². The molecule has 0 aliphatic carbocycles. The van der Waals surface area contributed by atoms with E-state index in [4.69, 9.17) is 22.7 Å². The van der Waals surface area contributed by atoms with Gasteiger partial charge in [-0.05, 0) is 24.5 Å². The van der Waals surface area contributed by atoms with Gasteiger partial charge in [0.1, 0.15) is 4.99 Å². The number of ether oxygens (including phenoxy) is 1. The third-order valence-electron chi connectivity index (χ3n) is 2.72. The highest BCUT2D eigenvalue weighted by molar-refractivity contribution is 7.80. The zero-order valence-corrected chi connectivity index (χ0v) is 11.4. The standard InChI is InChI=1S/C15H16N2OS/c16-15(19)13-8-9-17-14(11-13)18-10-4-7-12-5-2-1-3-6-12/h1-3,5-6,8-9,11H,4,7,10H2,(H2,16,19). The van der Waals surface area contributed by atoms with Gasteiger partial charge in [-0.2, -0.15) is 0 Å². The fourth-order valence-electron chi connectivity index (χ4n) is 1.74. The summed E-state index contributed by atoms with van der Waals surface area (Å²) in [5.74, 6) is 0.568. The molecule has 0 amide bonds. The topological polar surface area (TPSA) is 48.1 Å². The van der Waals surface area contributed by atoms with Crippen molar-refractivity contribution in [3.05, 3.63) is 59.8 Å². The first-order valence-electron chi connectivity index (χ1n) is 6.18. The van der Waals surface area contributed by atoms with Crippen LogP contribution in [0.3, 0.4) is 0 Å². The van der Waals surface area contributed by atoms with Gasteiger partial charge in [-0.1, -0.05) is 42.5 Å². The highest BCUT2D eigenvalue weighted by Crippen LogP contribution is 2.10. The number of rotatable bonds is 6. The molecule has 19 heavy (non-hydrogen) atoms. The van der Waals surface area contributed by atoms with Crippen LogP contribution in [0.1, 0.15) is 17.5 Å². The van der Waals surface area contributed by atoms with Crippen LogP contribution in [-0.4, -0.2) is 16.6 Å². The number of aryl methyl sites for hydroxylation is 1. The maximum atomic E-state index is 5.59. The van der Waals surface area contributed by atoms with Gasteiger partial charge in [-0.3, -0.25) is 0 Å². The largest absolute Gasteiger partial charge is 0.478 e. The highest BCUT2D eigenvalue weighted by atomic mass is 32.1. The van der Waals surface area contributed by atoms with E-state index in [1.807, 2.05) is 18.2 Å². The molecule has 2 rings (SSSR count). The van der Waals surface area contributed by atoms with Crippen LogP contribution in [0.2, 0.25) is 0 Å². The Hall–Kier alpha value is -1.94. The van der Waals surface area contributed by atoms with E-state index in [0.717, 1.165) is 18.4 Å². The van der Waals surface area contributed by atoms with E-state index < -0.39 is 0 Å². The van der Waals surface area contributed by atoms with Crippen molar-refractivity contribution in [1.29, 1.82) is 0 Å². The Kier molecular flexibility index (Phi) is 4.86. The molecule has 1 aromatic heterocycles. The van der Waals surface area contributed by atoms with Gasteiger partial charge in [-0.15, -0.1) is 0 Å². The van der Waals surface area contributed by atoms with E-state index in [-0.39, 0.29) is 0 Å². The molecule has 3 nitrogen and oxygen atoms in total. The summed E-state index contributed by atoms with van der Waals surface area (Å²) in [7, 11) is 0. The minimum Gasteiger partial charge on any atom is -0.478 e. The molecule has 0 aliphatic heterocycles. The van der Waals surface area contributed by atoms with E-state index >= 15 is 0 Å². The first-order valence-corrected chi connectivity index (χ1v) is 6.59. The number of hydrogen-bond acceptors (Lipinski definition) is 3. The summed E-state index contributed by atoms with van der Waals surface area (Å²) in [6.07, 6.45) is 3.60. The zero-order valence-electron chi connectivity index (χ0n) is 10.6. The Morgan fingerprint density at radius 1 is 1.21 bits per heavy atom. The van der Waals surface area contributed by atoms with Gasteiger partial charge in [0.2, 0.25) is 5.88 Å². The lowest BCUT2D eigenvalue weighted by Crippen LogP contribution is -2.10. The first kappa shape index (κ1) is 13.5. The molecule has 0 saturated carbocycles. The first-order chi connectivity index (χ1) is 9.25. The van der Waals surface area contributed by atoms with Crippen LogP contribution in [0.25, 0.3) is 0 Å². The molecule has 0 saturated heterocycles. The van der Waals surface area contributed by atoms with Crippen LogP contribution in [-0.2, 0) is 6.42 Å². The van der Waals surface area contributed by atoms with Crippen LogP contribution in [0.15, 0.2) is 48.7 Å². The number of hydrogen-bond donors (Lipinski definition) is 1. The normalized spacial score (nSPS) is 10.1. The summed E-state index contributed by atoms with van der Waals surface area (Å²) >= 11 is 4.92. The smallest absolute Gasteiger partial charge is 0.213 e. The molecule has 1 aromatic carbocycles. The lowest BCUT2D eigenvalue weighted by Gasteiger charge is -2.06. The van der Waals surface area contributed by atoms with Crippen molar-refractivity contribution in [3.8, 4) is 5.88 Å². The maximum Gasteiger partial charge on any atom is 0.213 e.